The number of nitrogens with zero attached hydrogens (tertiary/aromatic N) is 1. The number of ether oxygens (including phenoxy) is 1. The van der Waals surface area contributed by atoms with Gasteiger partial charge in [0.15, 0.2) is 0 Å². The molecule has 1 saturated carbocycles. The minimum Gasteiger partial charge on any atom is -0.497 e. The average Bonchev–Trinajstić information content (AvgIpc) is 3.44. The Labute approximate surface area is 143 Å². The second-order valence-electron chi connectivity index (χ2n) is 5.99. The third-order valence-corrected chi connectivity index (χ3v) is 4.17. The third kappa shape index (κ3) is 4.10. The van der Waals surface area contributed by atoms with Gasteiger partial charge in [0.1, 0.15) is 11.4 Å². The van der Waals surface area contributed by atoms with E-state index in [2.05, 4.69) is 10.3 Å². The molecule has 132 valence electrons. The van der Waals surface area contributed by atoms with Crippen LogP contribution in [-0.2, 0) is 6.18 Å². The summed E-state index contributed by atoms with van der Waals surface area (Å²) < 4.78 is 42.8. The van der Waals surface area contributed by atoms with Crippen LogP contribution in [0.1, 0.15) is 40.5 Å². The molecule has 1 aromatic heterocycles. The van der Waals surface area contributed by atoms with Crippen molar-refractivity contribution in [3.63, 3.8) is 0 Å². The van der Waals surface area contributed by atoms with Gasteiger partial charge >= 0.3 is 6.18 Å². The summed E-state index contributed by atoms with van der Waals surface area (Å²) in [5.74, 6) is 0.616. The van der Waals surface area contributed by atoms with Crippen LogP contribution in [-0.4, -0.2) is 18.0 Å². The van der Waals surface area contributed by atoms with E-state index in [4.69, 9.17) is 4.74 Å². The summed E-state index contributed by atoms with van der Waals surface area (Å²) in [7, 11) is 1.58. The summed E-state index contributed by atoms with van der Waals surface area (Å²) in [6.07, 6.45) is -1.56. The lowest BCUT2D eigenvalue weighted by Crippen LogP contribution is -2.30. The maximum atomic E-state index is 12.6. The lowest BCUT2D eigenvalue weighted by molar-refractivity contribution is -0.141. The van der Waals surface area contributed by atoms with Crippen LogP contribution in [0.5, 0.6) is 5.75 Å². The zero-order valence-electron chi connectivity index (χ0n) is 13.5. The van der Waals surface area contributed by atoms with E-state index in [1.807, 2.05) is 24.3 Å². The summed E-state index contributed by atoms with van der Waals surface area (Å²) in [6.45, 7) is 0. The van der Waals surface area contributed by atoms with E-state index < -0.39 is 17.8 Å². The number of aromatic nitrogens is 1. The van der Waals surface area contributed by atoms with E-state index in [9.17, 15) is 18.0 Å². The van der Waals surface area contributed by atoms with E-state index in [0.717, 1.165) is 42.5 Å². The normalized spacial score (nSPS) is 15.5. The smallest absolute Gasteiger partial charge is 0.433 e. The second kappa shape index (κ2) is 6.74. The van der Waals surface area contributed by atoms with Gasteiger partial charge in [0.25, 0.3) is 5.91 Å². The predicted octanol–water partition coefficient (Wildman–Crippen LogP) is 3.99. The van der Waals surface area contributed by atoms with Crippen LogP contribution < -0.4 is 10.1 Å². The fourth-order valence-corrected chi connectivity index (χ4v) is 2.63. The predicted molar refractivity (Wildman–Crippen MR) is 85.2 cm³/mol. The zero-order chi connectivity index (χ0) is 18.0. The highest BCUT2D eigenvalue weighted by molar-refractivity contribution is 5.94. The molecule has 3 rings (SSSR count). The van der Waals surface area contributed by atoms with Crippen LogP contribution in [0.25, 0.3) is 0 Å². The molecule has 1 unspecified atom stereocenters. The van der Waals surface area contributed by atoms with E-state index >= 15 is 0 Å². The molecule has 2 aromatic rings. The zero-order valence-corrected chi connectivity index (χ0v) is 13.5. The van der Waals surface area contributed by atoms with Crippen molar-refractivity contribution >= 4 is 5.91 Å². The number of nitrogens with one attached hydrogen (secondary N) is 1. The molecule has 0 aliphatic heterocycles. The standard InChI is InChI=1S/C18H17F3N2O2/c1-25-14-7-4-12(5-8-14)16(11-2-3-11)23-17(24)13-6-9-15(22-10-13)18(19,20)21/h4-11,16H,2-3H2,1H3,(H,23,24). The number of amides is 1. The lowest BCUT2D eigenvalue weighted by Gasteiger charge is -2.19. The Kier molecular flexibility index (Phi) is 4.65. The van der Waals surface area contributed by atoms with Gasteiger partial charge in [-0.25, -0.2) is 0 Å². The maximum absolute atomic E-state index is 12.6. The molecular formula is C18H17F3N2O2. The lowest BCUT2D eigenvalue weighted by atomic mass is 10.0. The first-order valence-corrected chi connectivity index (χ1v) is 7.86. The Morgan fingerprint density at radius 1 is 1.20 bits per heavy atom. The molecule has 7 heteroatoms. The first kappa shape index (κ1) is 17.3. The number of hydrogen-bond acceptors (Lipinski definition) is 3. The summed E-state index contributed by atoms with van der Waals surface area (Å²) in [5, 5.41) is 2.91. The molecule has 1 aromatic carbocycles. The molecule has 1 N–H and O–H groups in total. The number of rotatable bonds is 5. The van der Waals surface area contributed by atoms with Crippen molar-refractivity contribution in [2.24, 2.45) is 5.92 Å². The molecule has 1 atom stereocenters. The number of halogens is 3. The van der Waals surface area contributed by atoms with Gasteiger partial charge < -0.3 is 10.1 Å². The Morgan fingerprint density at radius 2 is 1.88 bits per heavy atom. The number of carbonyl (C=O) groups is 1. The van der Waals surface area contributed by atoms with Crippen LogP contribution in [0, 0.1) is 5.92 Å². The van der Waals surface area contributed by atoms with E-state index in [-0.39, 0.29) is 11.6 Å². The van der Waals surface area contributed by atoms with Gasteiger partial charge in [0.05, 0.1) is 18.7 Å². The van der Waals surface area contributed by atoms with Crippen molar-refractivity contribution in [2.75, 3.05) is 7.11 Å². The molecular weight excluding hydrogens is 333 g/mol. The van der Waals surface area contributed by atoms with Gasteiger partial charge in [-0.05, 0) is 48.6 Å². The highest BCUT2D eigenvalue weighted by atomic mass is 19.4. The first-order valence-electron chi connectivity index (χ1n) is 7.86. The topological polar surface area (TPSA) is 51.2 Å². The van der Waals surface area contributed by atoms with Gasteiger partial charge in [-0.1, -0.05) is 12.1 Å². The fraction of sp³-hybridized carbons (Fsp3) is 0.333. The molecule has 0 saturated heterocycles. The number of alkyl halides is 3. The van der Waals surface area contributed by atoms with Crippen LogP contribution in [0.15, 0.2) is 42.6 Å². The summed E-state index contributed by atoms with van der Waals surface area (Å²) in [6, 6.07) is 9.17. The highest BCUT2D eigenvalue weighted by Gasteiger charge is 2.34. The minimum absolute atomic E-state index is 0.104. The molecule has 1 heterocycles. The Balaban J connectivity index is 1.74. The highest BCUT2D eigenvalue weighted by Crippen LogP contribution is 2.41. The molecule has 0 radical (unpaired) electrons. The van der Waals surface area contributed by atoms with Gasteiger partial charge in [-0.2, -0.15) is 13.2 Å². The molecule has 1 fully saturated rings. The van der Waals surface area contributed by atoms with Crippen molar-refractivity contribution in [1.29, 1.82) is 0 Å². The molecule has 1 amide bonds. The van der Waals surface area contributed by atoms with Gasteiger partial charge in [0, 0.05) is 6.20 Å². The molecule has 4 nitrogen and oxygen atoms in total. The number of hydrogen-bond donors (Lipinski definition) is 1. The van der Waals surface area contributed by atoms with Crippen molar-refractivity contribution < 1.29 is 22.7 Å². The molecule has 25 heavy (non-hydrogen) atoms. The van der Waals surface area contributed by atoms with E-state index in [0.29, 0.717) is 5.92 Å². The second-order valence-corrected chi connectivity index (χ2v) is 5.99. The Morgan fingerprint density at radius 3 is 2.36 bits per heavy atom. The van der Waals surface area contributed by atoms with Gasteiger partial charge in [-0.3, -0.25) is 9.78 Å². The maximum Gasteiger partial charge on any atom is 0.433 e. The average molecular weight is 350 g/mol. The summed E-state index contributed by atoms with van der Waals surface area (Å²) in [5.41, 5.74) is 0.0293. The van der Waals surface area contributed by atoms with Crippen molar-refractivity contribution in [3.05, 3.63) is 59.4 Å². The van der Waals surface area contributed by atoms with E-state index in [1.165, 1.54) is 0 Å². The van der Waals surface area contributed by atoms with Crippen LogP contribution >= 0.6 is 0 Å². The van der Waals surface area contributed by atoms with Crippen molar-refractivity contribution in [3.8, 4) is 5.75 Å². The number of pyridine rings is 1. The third-order valence-electron chi connectivity index (χ3n) is 4.17. The molecule has 0 bridgehead atoms. The van der Waals surface area contributed by atoms with Crippen LogP contribution in [0.3, 0.4) is 0 Å². The van der Waals surface area contributed by atoms with Crippen molar-refractivity contribution in [1.82, 2.24) is 10.3 Å². The fourth-order valence-electron chi connectivity index (χ4n) is 2.63. The largest absolute Gasteiger partial charge is 0.497 e. The quantitative estimate of drug-likeness (QED) is 0.887. The molecule has 1 aliphatic carbocycles. The monoisotopic (exact) mass is 350 g/mol. The van der Waals surface area contributed by atoms with Crippen LogP contribution in [0.2, 0.25) is 0 Å². The summed E-state index contributed by atoms with van der Waals surface area (Å²) >= 11 is 0. The Hall–Kier alpha value is -2.57. The van der Waals surface area contributed by atoms with Crippen LogP contribution in [0.4, 0.5) is 13.2 Å². The Bertz CT molecular complexity index is 738. The summed E-state index contributed by atoms with van der Waals surface area (Å²) in [4.78, 5) is 15.7. The SMILES string of the molecule is COc1ccc(C(NC(=O)c2ccc(C(F)(F)F)nc2)C2CC2)cc1. The van der Waals surface area contributed by atoms with Crippen molar-refractivity contribution in [2.45, 2.75) is 25.1 Å². The number of carbonyl (C=O) groups excluding carboxylic acids is 1. The van der Waals surface area contributed by atoms with Gasteiger partial charge in [-0.15, -0.1) is 0 Å². The minimum atomic E-state index is -4.52. The molecule has 1 aliphatic rings. The van der Waals surface area contributed by atoms with Gasteiger partial charge in [0.2, 0.25) is 0 Å². The van der Waals surface area contributed by atoms with E-state index in [1.54, 1.807) is 7.11 Å². The first-order chi connectivity index (χ1) is 11.9. The number of benzene rings is 1. The molecule has 0 spiro atoms. The number of methoxy groups -OCH3 is 1.